The zero-order valence-corrected chi connectivity index (χ0v) is 10.7. The molecule has 1 aromatic carbocycles. The van der Waals surface area contributed by atoms with Crippen LogP contribution >= 0.6 is 0 Å². The molecule has 1 atom stereocenters. The van der Waals surface area contributed by atoms with E-state index in [-0.39, 0.29) is 17.5 Å². The van der Waals surface area contributed by atoms with Crippen LogP contribution in [0.15, 0.2) is 24.3 Å². The first-order valence-electron chi connectivity index (χ1n) is 5.79. The molecule has 0 saturated heterocycles. The summed E-state index contributed by atoms with van der Waals surface area (Å²) in [5.41, 5.74) is 1.08. The predicted molar refractivity (Wildman–Crippen MR) is 67.6 cm³/mol. The van der Waals surface area contributed by atoms with Crippen LogP contribution in [0.25, 0.3) is 0 Å². The van der Waals surface area contributed by atoms with Gasteiger partial charge in [-0.05, 0) is 31.0 Å². The van der Waals surface area contributed by atoms with Crippen LogP contribution in [0.4, 0.5) is 0 Å². The third kappa shape index (κ3) is 6.23. The van der Waals surface area contributed by atoms with E-state index in [2.05, 4.69) is 13.8 Å². The highest BCUT2D eigenvalue weighted by Crippen LogP contribution is 2.13. The highest BCUT2D eigenvalue weighted by atomic mass is 16.3. The largest absolute Gasteiger partial charge is 0.508 e. The Morgan fingerprint density at radius 3 is 2.06 bits per heavy atom. The molecule has 0 fully saturated rings. The molecule has 0 aromatic heterocycles. The van der Waals surface area contributed by atoms with E-state index < -0.39 is 0 Å². The van der Waals surface area contributed by atoms with Gasteiger partial charge in [0, 0.05) is 5.92 Å². The van der Waals surface area contributed by atoms with Crippen molar-refractivity contribution in [1.29, 1.82) is 0 Å². The summed E-state index contributed by atoms with van der Waals surface area (Å²) in [6, 6.07) is 6.97. The number of phenolic OH excluding ortho intramolecular Hbond substituents is 1. The second-order valence-corrected chi connectivity index (χ2v) is 4.09. The molecule has 0 aliphatic rings. The third-order valence-electron chi connectivity index (χ3n) is 2.17. The minimum Gasteiger partial charge on any atom is -0.508 e. The summed E-state index contributed by atoms with van der Waals surface area (Å²) in [5.74, 6) is 0.525. The molecular formula is C14H22O2. The molecule has 90 valence electrons. The fraction of sp³-hybridized carbons (Fsp3) is 0.500. The van der Waals surface area contributed by atoms with E-state index >= 15 is 0 Å². The summed E-state index contributed by atoms with van der Waals surface area (Å²) in [4.78, 5) is 11.0. The van der Waals surface area contributed by atoms with Gasteiger partial charge in [0.1, 0.15) is 11.5 Å². The van der Waals surface area contributed by atoms with Crippen LogP contribution in [0.5, 0.6) is 5.75 Å². The first-order valence-corrected chi connectivity index (χ1v) is 5.79. The Balaban J connectivity index is 0.000000673. The van der Waals surface area contributed by atoms with Crippen LogP contribution in [-0.2, 0) is 11.2 Å². The average molecular weight is 222 g/mol. The van der Waals surface area contributed by atoms with Gasteiger partial charge in [-0.2, -0.15) is 0 Å². The average Bonchev–Trinajstić information content (AvgIpc) is 2.22. The van der Waals surface area contributed by atoms with Crippen molar-refractivity contribution in [3.63, 3.8) is 0 Å². The summed E-state index contributed by atoms with van der Waals surface area (Å²) in [5, 5.41) is 9.03. The molecule has 1 N–H and O–H groups in total. The number of rotatable bonds is 3. The van der Waals surface area contributed by atoms with Crippen LogP contribution in [0.1, 0.15) is 39.7 Å². The molecule has 0 spiro atoms. The van der Waals surface area contributed by atoms with Crippen molar-refractivity contribution >= 4 is 5.78 Å². The number of hydrogen-bond acceptors (Lipinski definition) is 2. The van der Waals surface area contributed by atoms with E-state index in [0.29, 0.717) is 0 Å². The van der Waals surface area contributed by atoms with E-state index in [1.807, 2.05) is 19.1 Å². The summed E-state index contributed by atoms with van der Waals surface area (Å²) in [6.45, 7) is 7.76. The quantitative estimate of drug-likeness (QED) is 0.848. The Labute approximate surface area is 98.3 Å². The van der Waals surface area contributed by atoms with Gasteiger partial charge in [0.15, 0.2) is 0 Å². The minimum absolute atomic E-state index is 0.0598. The first kappa shape index (κ1) is 14.7. The zero-order chi connectivity index (χ0) is 12.6. The molecule has 0 aliphatic carbocycles. The van der Waals surface area contributed by atoms with Gasteiger partial charge in [0.2, 0.25) is 0 Å². The number of benzene rings is 1. The van der Waals surface area contributed by atoms with Crippen molar-refractivity contribution in [2.75, 3.05) is 0 Å². The smallest absolute Gasteiger partial charge is 0.132 e. The van der Waals surface area contributed by atoms with E-state index in [4.69, 9.17) is 5.11 Å². The molecule has 0 radical (unpaired) electrons. The number of aromatic hydroxyl groups is 1. The number of carbonyl (C=O) groups excluding carboxylic acids is 1. The molecule has 1 aromatic rings. The highest BCUT2D eigenvalue weighted by Gasteiger charge is 2.07. The number of phenols is 1. The zero-order valence-electron chi connectivity index (χ0n) is 10.7. The van der Waals surface area contributed by atoms with Crippen molar-refractivity contribution in [2.45, 2.75) is 40.5 Å². The van der Waals surface area contributed by atoms with Gasteiger partial charge in [0.25, 0.3) is 0 Å². The number of carbonyl (C=O) groups is 1. The predicted octanol–water partition coefficient (Wildman–Crippen LogP) is 3.58. The fourth-order valence-corrected chi connectivity index (χ4v) is 1.13. The van der Waals surface area contributed by atoms with Crippen LogP contribution in [-0.4, -0.2) is 10.9 Å². The lowest BCUT2D eigenvalue weighted by Crippen LogP contribution is -2.09. The minimum atomic E-state index is 0.0598. The molecule has 2 heteroatoms. The van der Waals surface area contributed by atoms with Crippen molar-refractivity contribution in [3.05, 3.63) is 29.8 Å². The number of hydrogen-bond donors (Lipinski definition) is 1. The van der Waals surface area contributed by atoms with E-state index in [1.165, 1.54) is 6.42 Å². The van der Waals surface area contributed by atoms with Crippen molar-refractivity contribution in [1.82, 2.24) is 0 Å². The lowest BCUT2D eigenvalue weighted by molar-refractivity contribution is -0.120. The van der Waals surface area contributed by atoms with Crippen molar-refractivity contribution in [3.8, 4) is 5.75 Å². The maximum Gasteiger partial charge on any atom is 0.132 e. The first-order chi connectivity index (χ1) is 7.51. The maximum atomic E-state index is 11.0. The molecule has 0 saturated carbocycles. The van der Waals surface area contributed by atoms with Crippen LogP contribution in [0, 0.1) is 5.92 Å². The molecule has 0 bridgehead atoms. The van der Waals surface area contributed by atoms with Crippen molar-refractivity contribution in [2.24, 2.45) is 5.92 Å². The Morgan fingerprint density at radius 2 is 1.69 bits per heavy atom. The molecular weight excluding hydrogens is 200 g/mol. The van der Waals surface area contributed by atoms with E-state index in [9.17, 15) is 4.79 Å². The normalized spacial score (nSPS) is 11.2. The third-order valence-corrected chi connectivity index (χ3v) is 2.17. The Morgan fingerprint density at radius 1 is 1.25 bits per heavy atom. The summed E-state index contributed by atoms with van der Waals surface area (Å²) in [7, 11) is 0. The van der Waals surface area contributed by atoms with Crippen LogP contribution in [0.2, 0.25) is 0 Å². The topological polar surface area (TPSA) is 37.3 Å². The second-order valence-electron chi connectivity index (χ2n) is 4.09. The van der Waals surface area contributed by atoms with E-state index in [1.54, 1.807) is 19.1 Å². The van der Waals surface area contributed by atoms with E-state index in [0.717, 1.165) is 12.0 Å². The van der Waals surface area contributed by atoms with Gasteiger partial charge in [-0.15, -0.1) is 0 Å². The summed E-state index contributed by atoms with van der Waals surface area (Å²) in [6.07, 6.45) is 2.00. The number of ketones is 1. The van der Waals surface area contributed by atoms with Gasteiger partial charge in [0.05, 0.1) is 0 Å². The molecule has 0 amide bonds. The molecule has 0 aliphatic heterocycles. The van der Waals surface area contributed by atoms with Gasteiger partial charge >= 0.3 is 0 Å². The monoisotopic (exact) mass is 222 g/mol. The SMILES string of the molecule is CC(=O)[C@@H](C)Cc1ccc(O)cc1.CCC. The maximum absolute atomic E-state index is 11.0. The molecule has 1 rings (SSSR count). The van der Waals surface area contributed by atoms with Gasteiger partial charge in [-0.3, -0.25) is 4.79 Å². The number of Topliss-reactive ketones (excluding diaryl/α,β-unsaturated/α-hetero) is 1. The van der Waals surface area contributed by atoms with Gasteiger partial charge in [-0.1, -0.05) is 39.3 Å². The molecule has 2 nitrogen and oxygen atoms in total. The van der Waals surface area contributed by atoms with Crippen molar-refractivity contribution < 1.29 is 9.90 Å². The van der Waals surface area contributed by atoms with Crippen LogP contribution in [0.3, 0.4) is 0 Å². The van der Waals surface area contributed by atoms with Gasteiger partial charge < -0.3 is 5.11 Å². The lowest BCUT2D eigenvalue weighted by atomic mass is 9.98. The Hall–Kier alpha value is -1.31. The Bertz CT molecular complexity index is 301. The summed E-state index contributed by atoms with van der Waals surface area (Å²) >= 11 is 0. The molecule has 0 heterocycles. The Kier molecular flexibility index (Phi) is 7.27. The standard InChI is InChI=1S/C11H14O2.C3H8/c1-8(9(2)12)7-10-3-5-11(13)6-4-10;1-3-2/h3-6,8,13H,7H2,1-2H3;3H2,1-2H3/t8-;/m0./s1. The van der Waals surface area contributed by atoms with Crippen LogP contribution < -0.4 is 0 Å². The van der Waals surface area contributed by atoms with Gasteiger partial charge in [-0.25, -0.2) is 0 Å². The lowest BCUT2D eigenvalue weighted by Gasteiger charge is -2.06. The molecule has 16 heavy (non-hydrogen) atoms. The fourth-order valence-electron chi connectivity index (χ4n) is 1.13. The summed E-state index contributed by atoms with van der Waals surface area (Å²) < 4.78 is 0. The molecule has 0 unspecified atom stereocenters. The highest BCUT2D eigenvalue weighted by molar-refractivity contribution is 5.78. The second kappa shape index (κ2) is 7.91.